The van der Waals surface area contributed by atoms with E-state index in [1.807, 2.05) is 23.1 Å². The van der Waals surface area contributed by atoms with Crippen molar-refractivity contribution in [3.05, 3.63) is 23.8 Å². The van der Waals surface area contributed by atoms with Crippen LogP contribution in [0.15, 0.2) is 18.2 Å². The summed E-state index contributed by atoms with van der Waals surface area (Å²) in [6, 6.07) is 5.61. The second kappa shape index (κ2) is 7.29. The highest BCUT2D eigenvalue weighted by Crippen LogP contribution is 2.32. The molecule has 2 amide bonds. The Morgan fingerprint density at radius 1 is 1.27 bits per heavy atom. The van der Waals surface area contributed by atoms with E-state index in [0.717, 1.165) is 37.2 Å². The zero-order valence-electron chi connectivity index (χ0n) is 13.6. The number of likely N-dealkylation sites (N-methyl/N-ethyl adjacent to an activating group) is 1. The van der Waals surface area contributed by atoms with Gasteiger partial charge in [-0.05, 0) is 30.5 Å². The van der Waals surface area contributed by atoms with Gasteiger partial charge in [0.1, 0.15) is 5.75 Å². The van der Waals surface area contributed by atoms with E-state index < -0.39 is 0 Å². The van der Waals surface area contributed by atoms with E-state index in [4.69, 9.17) is 4.74 Å². The van der Waals surface area contributed by atoms with E-state index in [1.165, 1.54) is 0 Å². The van der Waals surface area contributed by atoms with E-state index in [-0.39, 0.29) is 18.4 Å². The molecule has 0 N–H and O–H groups in total. The fraction of sp³-hybridized carbons (Fsp3) is 0.529. The van der Waals surface area contributed by atoms with Crippen molar-refractivity contribution >= 4 is 17.5 Å². The van der Waals surface area contributed by atoms with E-state index in [1.54, 1.807) is 11.9 Å². The number of nitrogens with zero attached hydrogens (tertiary/aromatic N) is 2. The molecule has 5 heteroatoms. The van der Waals surface area contributed by atoms with Crippen LogP contribution in [0.3, 0.4) is 0 Å². The number of fused-ring (bicyclic) bond motifs is 1. The van der Waals surface area contributed by atoms with Gasteiger partial charge in [-0.2, -0.15) is 0 Å². The first-order chi connectivity index (χ1) is 10.6. The predicted octanol–water partition coefficient (Wildman–Crippen LogP) is 2.23. The molecule has 1 heterocycles. The first-order valence-corrected chi connectivity index (χ1v) is 7.86. The molecule has 5 nitrogen and oxygen atoms in total. The van der Waals surface area contributed by atoms with Crippen LogP contribution >= 0.6 is 0 Å². The van der Waals surface area contributed by atoms with Crippen LogP contribution in [0.4, 0.5) is 5.69 Å². The monoisotopic (exact) mass is 304 g/mol. The van der Waals surface area contributed by atoms with Gasteiger partial charge in [0.25, 0.3) is 5.91 Å². The highest BCUT2D eigenvalue weighted by Gasteiger charge is 2.23. The maximum absolute atomic E-state index is 12.4. The first-order valence-electron chi connectivity index (χ1n) is 7.86. The van der Waals surface area contributed by atoms with Crippen molar-refractivity contribution in [2.75, 3.05) is 31.6 Å². The average molecular weight is 304 g/mol. The molecule has 2 rings (SSSR count). The van der Waals surface area contributed by atoms with Crippen molar-refractivity contribution in [1.82, 2.24) is 4.90 Å². The van der Waals surface area contributed by atoms with Crippen LogP contribution in [0.5, 0.6) is 5.75 Å². The molecule has 0 unspecified atom stereocenters. The summed E-state index contributed by atoms with van der Waals surface area (Å²) in [6.45, 7) is 5.81. The summed E-state index contributed by atoms with van der Waals surface area (Å²) >= 11 is 0. The maximum Gasteiger partial charge on any atom is 0.264 e. The summed E-state index contributed by atoms with van der Waals surface area (Å²) in [5, 5.41) is 0. The van der Waals surface area contributed by atoms with E-state index >= 15 is 0 Å². The van der Waals surface area contributed by atoms with Gasteiger partial charge in [-0.3, -0.25) is 9.59 Å². The Balaban J connectivity index is 2.13. The predicted molar refractivity (Wildman–Crippen MR) is 86.2 cm³/mol. The van der Waals surface area contributed by atoms with Gasteiger partial charge in [0.15, 0.2) is 6.61 Å². The van der Waals surface area contributed by atoms with Gasteiger partial charge in [0.2, 0.25) is 5.91 Å². The number of ether oxygens (including phenoxy) is 1. The summed E-state index contributed by atoms with van der Waals surface area (Å²) in [6.07, 6.45) is 2.28. The fourth-order valence-electron chi connectivity index (χ4n) is 2.62. The summed E-state index contributed by atoms with van der Waals surface area (Å²) < 4.78 is 5.40. The Morgan fingerprint density at radius 3 is 2.59 bits per heavy atom. The van der Waals surface area contributed by atoms with Gasteiger partial charge >= 0.3 is 0 Å². The van der Waals surface area contributed by atoms with Gasteiger partial charge in [0, 0.05) is 20.1 Å². The lowest BCUT2D eigenvalue weighted by Crippen LogP contribution is -2.36. The molecular formula is C17H24N2O3. The van der Waals surface area contributed by atoms with Crippen molar-refractivity contribution in [3.63, 3.8) is 0 Å². The molecule has 0 saturated carbocycles. The Labute approximate surface area is 131 Å². The molecule has 0 fully saturated rings. The third-order valence-electron chi connectivity index (χ3n) is 3.81. The van der Waals surface area contributed by atoms with Gasteiger partial charge < -0.3 is 14.5 Å². The Morgan fingerprint density at radius 2 is 1.95 bits per heavy atom. The number of rotatable bonds is 6. The minimum absolute atomic E-state index is 0.0720. The minimum atomic E-state index is -0.0745. The minimum Gasteiger partial charge on any atom is -0.482 e. The van der Waals surface area contributed by atoms with Crippen LogP contribution in [0.1, 0.15) is 32.3 Å². The summed E-state index contributed by atoms with van der Waals surface area (Å²) in [5.41, 5.74) is 1.64. The molecule has 22 heavy (non-hydrogen) atoms. The topological polar surface area (TPSA) is 49.9 Å². The second-order valence-electron chi connectivity index (χ2n) is 5.60. The molecule has 0 bridgehead atoms. The van der Waals surface area contributed by atoms with Crippen molar-refractivity contribution in [2.45, 2.75) is 33.1 Å². The zero-order valence-corrected chi connectivity index (χ0v) is 13.6. The SMILES string of the molecule is CCCN(CCC)C(=O)Cc1ccc2c(c1)N(C)C(=O)CO2. The van der Waals surface area contributed by atoms with Crippen molar-refractivity contribution < 1.29 is 14.3 Å². The molecule has 0 atom stereocenters. The molecular weight excluding hydrogens is 280 g/mol. The number of carbonyl (C=O) groups excluding carboxylic acids is 2. The standard InChI is InChI=1S/C17H24N2O3/c1-4-8-19(9-5-2)16(20)11-13-6-7-15-14(10-13)18(3)17(21)12-22-15/h6-7,10H,4-5,8-9,11-12H2,1-3H3. The van der Waals surface area contributed by atoms with E-state index in [2.05, 4.69) is 13.8 Å². The average Bonchev–Trinajstić information content (AvgIpc) is 2.51. The normalized spacial score (nSPS) is 13.6. The van der Waals surface area contributed by atoms with Gasteiger partial charge in [-0.15, -0.1) is 0 Å². The number of hydrogen-bond acceptors (Lipinski definition) is 3. The molecule has 0 saturated heterocycles. The van der Waals surface area contributed by atoms with Gasteiger partial charge in [0.05, 0.1) is 12.1 Å². The van der Waals surface area contributed by atoms with Crippen LogP contribution < -0.4 is 9.64 Å². The lowest BCUT2D eigenvalue weighted by Gasteiger charge is -2.27. The second-order valence-corrected chi connectivity index (χ2v) is 5.60. The van der Waals surface area contributed by atoms with Crippen LogP contribution in [0.25, 0.3) is 0 Å². The lowest BCUT2D eigenvalue weighted by atomic mass is 10.1. The maximum atomic E-state index is 12.4. The van der Waals surface area contributed by atoms with Crippen molar-refractivity contribution in [2.24, 2.45) is 0 Å². The molecule has 0 radical (unpaired) electrons. The third-order valence-corrected chi connectivity index (χ3v) is 3.81. The number of carbonyl (C=O) groups is 2. The highest BCUT2D eigenvalue weighted by atomic mass is 16.5. The Hall–Kier alpha value is -2.04. The molecule has 0 spiro atoms. The molecule has 120 valence electrons. The van der Waals surface area contributed by atoms with Crippen molar-refractivity contribution in [3.8, 4) is 5.75 Å². The molecule has 0 aromatic heterocycles. The Kier molecular flexibility index (Phi) is 5.41. The molecule has 0 aliphatic carbocycles. The fourth-order valence-corrected chi connectivity index (χ4v) is 2.62. The van der Waals surface area contributed by atoms with Crippen molar-refractivity contribution in [1.29, 1.82) is 0 Å². The van der Waals surface area contributed by atoms with E-state index in [0.29, 0.717) is 12.2 Å². The Bertz CT molecular complexity index is 551. The smallest absolute Gasteiger partial charge is 0.264 e. The largest absolute Gasteiger partial charge is 0.482 e. The summed E-state index contributed by atoms with van der Waals surface area (Å²) in [7, 11) is 1.73. The zero-order chi connectivity index (χ0) is 16.1. The van der Waals surface area contributed by atoms with Crippen LogP contribution in [-0.2, 0) is 16.0 Å². The summed E-state index contributed by atoms with van der Waals surface area (Å²) in [4.78, 5) is 27.6. The highest BCUT2D eigenvalue weighted by molar-refractivity contribution is 5.97. The quantitative estimate of drug-likeness (QED) is 0.810. The molecule has 1 aromatic carbocycles. The lowest BCUT2D eigenvalue weighted by molar-refractivity contribution is -0.130. The molecule has 1 aromatic rings. The molecule has 1 aliphatic rings. The third kappa shape index (κ3) is 3.59. The number of benzene rings is 1. The molecule has 1 aliphatic heterocycles. The summed E-state index contributed by atoms with van der Waals surface area (Å²) in [5.74, 6) is 0.751. The van der Waals surface area contributed by atoms with Crippen LogP contribution in [0.2, 0.25) is 0 Å². The first kappa shape index (κ1) is 16.3. The van der Waals surface area contributed by atoms with E-state index in [9.17, 15) is 9.59 Å². The van der Waals surface area contributed by atoms with Gasteiger partial charge in [-0.1, -0.05) is 19.9 Å². The number of amides is 2. The van der Waals surface area contributed by atoms with Gasteiger partial charge in [-0.25, -0.2) is 0 Å². The van der Waals surface area contributed by atoms with Crippen LogP contribution in [0, 0.1) is 0 Å². The van der Waals surface area contributed by atoms with Crippen LogP contribution in [-0.4, -0.2) is 43.5 Å². The number of anilines is 1. The number of hydrogen-bond donors (Lipinski definition) is 0.